The number of amides is 1. The molecule has 5 heteroatoms. The van der Waals surface area contributed by atoms with E-state index in [0.717, 1.165) is 63.3 Å². The fourth-order valence-corrected chi connectivity index (χ4v) is 4.64. The van der Waals surface area contributed by atoms with Gasteiger partial charge < -0.3 is 19.7 Å². The number of anilines is 1. The van der Waals surface area contributed by atoms with Crippen molar-refractivity contribution in [2.45, 2.75) is 57.6 Å². The van der Waals surface area contributed by atoms with Crippen molar-refractivity contribution in [2.24, 2.45) is 0 Å². The minimum atomic E-state index is 0.00660. The first-order valence-electron chi connectivity index (χ1n) is 11.5. The van der Waals surface area contributed by atoms with Gasteiger partial charge in [-0.2, -0.15) is 0 Å². The van der Waals surface area contributed by atoms with Crippen LogP contribution < -0.4 is 15.0 Å². The Labute approximate surface area is 185 Å². The molecule has 31 heavy (non-hydrogen) atoms. The third-order valence-electron chi connectivity index (χ3n) is 6.50. The fraction of sp³-hybridized carbons (Fsp3) is 0.500. The highest BCUT2D eigenvalue weighted by molar-refractivity contribution is 5.73. The Morgan fingerprint density at radius 2 is 1.65 bits per heavy atom. The Hall–Kier alpha value is -2.53. The summed E-state index contributed by atoms with van der Waals surface area (Å²) in [5.41, 5.74) is 3.83. The molecule has 5 nitrogen and oxygen atoms in total. The van der Waals surface area contributed by atoms with Crippen LogP contribution >= 0.6 is 0 Å². The molecular weight excluding hydrogens is 388 g/mol. The van der Waals surface area contributed by atoms with E-state index in [1.54, 1.807) is 6.92 Å². The van der Waals surface area contributed by atoms with E-state index in [0.29, 0.717) is 5.92 Å². The molecule has 2 aromatic rings. The van der Waals surface area contributed by atoms with Crippen LogP contribution in [0.2, 0.25) is 0 Å². The molecule has 2 saturated heterocycles. The lowest BCUT2D eigenvalue weighted by atomic mass is 9.88. The summed E-state index contributed by atoms with van der Waals surface area (Å²) >= 11 is 0. The number of benzene rings is 2. The number of nitrogens with zero attached hydrogens (tertiary/aromatic N) is 1. The monoisotopic (exact) mass is 422 g/mol. The molecule has 1 amide bonds. The largest absolute Gasteiger partial charge is 0.490 e. The van der Waals surface area contributed by atoms with Gasteiger partial charge in [-0.25, -0.2) is 0 Å². The number of hydrogen-bond acceptors (Lipinski definition) is 4. The summed E-state index contributed by atoms with van der Waals surface area (Å²) in [5.74, 6) is 1.56. The highest BCUT2D eigenvalue weighted by Gasteiger charge is 2.21. The molecular formula is C26H34N2O3. The first kappa shape index (κ1) is 21.7. The standard InChI is InChI=1S/C26H34N2O3/c1-19(27-20(2)29)21-3-5-22(6-4-21)23-11-15-28(16-12-23)24-7-9-25(10-8-24)31-26-13-17-30-18-14-26/h3-10,19,23,26H,11-18H2,1-2H3,(H,27,29). The average Bonchev–Trinajstić information content (AvgIpc) is 2.80. The Morgan fingerprint density at radius 3 is 2.26 bits per heavy atom. The van der Waals surface area contributed by atoms with Crippen LogP contribution in [0.3, 0.4) is 0 Å². The van der Waals surface area contributed by atoms with Crippen LogP contribution in [0.5, 0.6) is 5.75 Å². The zero-order chi connectivity index (χ0) is 21.6. The van der Waals surface area contributed by atoms with Crippen molar-refractivity contribution in [3.8, 4) is 5.75 Å². The number of ether oxygens (including phenoxy) is 2. The van der Waals surface area contributed by atoms with E-state index in [9.17, 15) is 4.79 Å². The minimum absolute atomic E-state index is 0.00660. The van der Waals surface area contributed by atoms with Gasteiger partial charge in [0, 0.05) is 38.5 Å². The topological polar surface area (TPSA) is 50.8 Å². The highest BCUT2D eigenvalue weighted by atomic mass is 16.5. The van der Waals surface area contributed by atoms with E-state index in [2.05, 4.69) is 58.7 Å². The van der Waals surface area contributed by atoms with Gasteiger partial charge in [0.1, 0.15) is 11.9 Å². The number of rotatable bonds is 6. The summed E-state index contributed by atoms with van der Waals surface area (Å²) in [7, 11) is 0. The maximum Gasteiger partial charge on any atom is 0.217 e. The molecule has 0 aromatic heterocycles. The molecule has 0 spiro atoms. The Balaban J connectivity index is 1.28. The third-order valence-corrected chi connectivity index (χ3v) is 6.50. The zero-order valence-corrected chi connectivity index (χ0v) is 18.7. The second-order valence-electron chi connectivity index (χ2n) is 8.77. The molecule has 166 valence electrons. The van der Waals surface area contributed by atoms with E-state index in [1.807, 2.05) is 6.92 Å². The number of carbonyl (C=O) groups excluding carboxylic acids is 1. The van der Waals surface area contributed by atoms with E-state index >= 15 is 0 Å². The van der Waals surface area contributed by atoms with Crippen molar-refractivity contribution in [1.29, 1.82) is 0 Å². The summed E-state index contributed by atoms with van der Waals surface area (Å²) in [6.07, 6.45) is 4.54. The molecule has 2 heterocycles. The predicted molar refractivity (Wildman–Crippen MR) is 124 cm³/mol. The average molecular weight is 423 g/mol. The quantitative estimate of drug-likeness (QED) is 0.725. The van der Waals surface area contributed by atoms with Crippen LogP contribution in [-0.4, -0.2) is 38.3 Å². The van der Waals surface area contributed by atoms with Crippen molar-refractivity contribution in [1.82, 2.24) is 5.32 Å². The molecule has 0 saturated carbocycles. The molecule has 2 aliphatic rings. The van der Waals surface area contributed by atoms with Gasteiger partial charge in [0.05, 0.1) is 19.3 Å². The van der Waals surface area contributed by atoms with Crippen LogP contribution in [0.25, 0.3) is 0 Å². The summed E-state index contributed by atoms with van der Waals surface area (Å²) in [6, 6.07) is 17.4. The second kappa shape index (κ2) is 10.2. The van der Waals surface area contributed by atoms with Gasteiger partial charge >= 0.3 is 0 Å². The summed E-state index contributed by atoms with van der Waals surface area (Å²) < 4.78 is 11.5. The number of hydrogen-bond donors (Lipinski definition) is 1. The highest BCUT2D eigenvalue weighted by Crippen LogP contribution is 2.32. The molecule has 1 atom stereocenters. The number of nitrogens with one attached hydrogen (secondary N) is 1. The lowest BCUT2D eigenvalue weighted by molar-refractivity contribution is -0.119. The molecule has 1 N–H and O–H groups in total. The van der Waals surface area contributed by atoms with Crippen molar-refractivity contribution >= 4 is 11.6 Å². The van der Waals surface area contributed by atoms with Crippen LogP contribution in [0.1, 0.15) is 62.6 Å². The van der Waals surface area contributed by atoms with Crippen molar-refractivity contribution < 1.29 is 14.3 Å². The van der Waals surface area contributed by atoms with Crippen LogP contribution in [0.4, 0.5) is 5.69 Å². The van der Waals surface area contributed by atoms with Crippen LogP contribution in [-0.2, 0) is 9.53 Å². The van der Waals surface area contributed by atoms with Gasteiger partial charge in [-0.05, 0) is 61.1 Å². The molecule has 0 radical (unpaired) electrons. The van der Waals surface area contributed by atoms with Crippen molar-refractivity contribution in [3.63, 3.8) is 0 Å². The molecule has 1 unspecified atom stereocenters. The van der Waals surface area contributed by atoms with Gasteiger partial charge in [-0.3, -0.25) is 4.79 Å². The molecule has 0 aliphatic carbocycles. The van der Waals surface area contributed by atoms with E-state index in [4.69, 9.17) is 9.47 Å². The Bertz CT molecular complexity index is 836. The molecule has 4 rings (SSSR count). The smallest absolute Gasteiger partial charge is 0.217 e. The molecule has 2 fully saturated rings. The van der Waals surface area contributed by atoms with Gasteiger partial charge in [0.2, 0.25) is 5.91 Å². The second-order valence-corrected chi connectivity index (χ2v) is 8.77. The van der Waals surface area contributed by atoms with Crippen molar-refractivity contribution in [2.75, 3.05) is 31.2 Å². The van der Waals surface area contributed by atoms with E-state index < -0.39 is 0 Å². The maximum atomic E-state index is 11.3. The van der Waals surface area contributed by atoms with Gasteiger partial charge in [-0.1, -0.05) is 24.3 Å². The third kappa shape index (κ3) is 5.79. The fourth-order valence-electron chi connectivity index (χ4n) is 4.64. The lowest BCUT2D eigenvalue weighted by Gasteiger charge is -2.34. The van der Waals surface area contributed by atoms with E-state index in [-0.39, 0.29) is 18.1 Å². The predicted octanol–water partition coefficient (Wildman–Crippen LogP) is 4.83. The van der Waals surface area contributed by atoms with Crippen LogP contribution in [0.15, 0.2) is 48.5 Å². The molecule has 2 aromatic carbocycles. The first-order valence-corrected chi connectivity index (χ1v) is 11.5. The summed E-state index contributed by atoms with van der Waals surface area (Å²) in [4.78, 5) is 13.7. The SMILES string of the molecule is CC(=O)NC(C)c1ccc(C2CCN(c3ccc(OC4CCOCC4)cc3)CC2)cc1. The van der Waals surface area contributed by atoms with Gasteiger partial charge in [0.25, 0.3) is 0 Å². The summed E-state index contributed by atoms with van der Waals surface area (Å²) in [5, 5.41) is 2.95. The lowest BCUT2D eigenvalue weighted by Crippen LogP contribution is -2.32. The summed E-state index contributed by atoms with van der Waals surface area (Å²) in [6.45, 7) is 7.31. The number of carbonyl (C=O) groups is 1. The normalized spacial score (nSPS) is 19.1. The maximum absolute atomic E-state index is 11.3. The molecule has 2 aliphatic heterocycles. The van der Waals surface area contributed by atoms with E-state index in [1.165, 1.54) is 11.3 Å². The van der Waals surface area contributed by atoms with Crippen molar-refractivity contribution in [3.05, 3.63) is 59.7 Å². The Morgan fingerprint density at radius 1 is 1.00 bits per heavy atom. The molecule has 0 bridgehead atoms. The van der Waals surface area contributed by atoms with Crippen LogP contribution in [0, 0.1) is 0 Å². The first-order chi connectivity index (χ1) is 15.1. The van der Waals surface area contributed by atoms with Gasteiger partial charge in [0.15, 0.2) is 0 Å². The Kier molecular flexibility index (Phi) is 7.13. The zero-order valence-electron chi connectivity index (χ0n) is 18.7. The van der Waals surface area contributed by atoms with Gasteiger partial charge in [-0.15, -0.1) is 0 Å². The number of piperidine rings is 1. The minimum Gasteiger partial charge on any atom is -0.490 e.